The van der Waals surface area contributed by atoms with Crippen LogP contribution in [0.5, 0.6) is 5.75 Å². The van der Waals surface area contributed by atoms with Crippen molar-refractivity contribution in [3.05, 3.63) is 54.0 Å². The number of alkyl halides is 3. The van der Waals surface area contributed by atoms with E-state index in [0.29, 0.717) is 0 Å². The molecule has 0 aliphatic rings. The van der Waals surface area contributed by atoms with E-state index in [4.69, 9.17) is 9.15 Å². The standard InChI is InChI=1S/C16H15F3N2O4/c17-16(18,19)11-3-5-12(6-4-11)24-9-7-20-14(22)10-21-15(23)13-2-1-8-25-13/h1-6,8H,7,9-10H2,(H,20,22)(H,21,23). The van der Waals surface area contributed by atoms with Gasteiger partial charge in [0, 0.05) is 0 Å². The summed E-state index contributed by atoms with van der Waals surface area (Å²) in [4.78, 5) is 23.1. The third-order valence-electron chi connectivity index (χ3n) is 3.03. The van der Waals surface area contributed by atoms with Crippen molar-refractivity contribution in [2.24, 2.45) is 0 Å². The van der Waals surface area contributed by atoms with Gasteiger partial charge in [0.1, 0.15) is 12.4 Å². The summed E-state index contributed by atoms with van der Waals surface area (Å²) < 4.78 is 47.3. The average Bonchev–Trinajstić information content (AvgIpc) is 3.11. The molecular formula is C16H15F3N2O4. The van der Waals surface area contributed by atoms with Gasteiger partial charge < -0.3 is 19.8 Å². The smallest absolute Gasteiger partial charge is 0.416 e. The van der Waals surface area contributed by atoms with Crippen LogP contribution in [0.15, 0.2) is 47.1 Å². The van der Waals surface area contributed by atoms with Crippen LogP contribution >= 0.6 is 0 Å². The van der Waals surface area contributed by atoms with Gasteiger partial charge in [0.15, 0.2) is 5.76 Å². The van der Waals surface area contributed by atoms with Crippen molar-refractivity contribution in [1.82, 2.24) is 10.6 Å². The van der Waals surface area contributed by atoms with Gasteiger partial charge in [0.25, 0.3) is 5.91 Å². The number of benzene rings is 1. The Kier molecular flexibility index (Phi) is 6.04. The first kappa shape index (κ1) is 18.4. The van der Waals surface area contributed by atoms with E-state index >= 15 is 0 Å². The van der Waals surface area contributed by atoms with Gasteiger partial charge in [-0.3, -0.25) is 9.59 Å². The van der Waals surface area contributed by atoms with E-state index in [1.54, 1.807) is 6.07 Å². The highest BCUT2D eigenvalue weighted by Crippen LogP contribution is 2.30. The molecule has 1 aromatic carbocycles. The van der Waals surface area contributed by atoms with Gasteiger partial charge in [-0.25, -0.2) is 0 Å². The lowest BCUT2D eigenvalue weighted by molar-refractivity contribution is -0.137. The number of carbonyl (C=O) groups is 2. The minimum absolute atomic E-state index is 0.0727. The number of ether oxygens (including phenoxy) is 1. The highest BCUT2D eigenvalue weighted by Gasteiger charge is 2.29. The van der Waals surface area contributed by atoms with E-state index in [9.17, 15) is 22.8 Å². The molecule has 0 saturated carbocycles. The van der Waals surface area contributed by atoms with E-state index in [0.717, 1.165) is 12.1 Å². The summed E-state index contributed by atoms with van der Waals surface area (Å²) in [5, 5.41) is 4.87. The summed E-state index contributed by atoms with van der Waals surface area (Å²) in [7, 11) is 0. The van der Waals surface area contributed by atoms with Gasteiger partial charge in [-0.05, 0) is 36.4 Å². The Hall–Kier alpha value is -2.97. The molecule has 1 heterocycles. The van der Waals surface area contributed by atoms with Crippen molar-refractivity contribution < 1.29 is 31.9 Å². The Morgan fingerprint density at radius 2 is 1.80 bits per heavy atom. The van der Waals surface area contributed by atoms with E-state index < -0.39 is 23.6 Å². The van der Waals surface area contributed by atoms with Crippen molar-refractivity contribution in [1.29, 1.82) is 0 Å². The molecule has 0 fully saturated rings. The maximum atomic E-state index is 12.4. The summed E-state index contributed by atoms with van der Waals surface area (Å²) in [5.74, 6) is -0.594. The molecule has 6 nitrogen and oxygen atoms in total. The molecule has 0 saturated heterocycles. The quantitative estimate of drug-likeness (QED) is 0.746. The van der Waals surface area contributed by atoms with Crippen LogP contribution in [0.3, 0.4) is 0 Å². The van der Waals surface area contributed by atoms with Crippen LogP contribution in [-0.2, 0) is 11.0 Å². The van der Waals surface area contributed by atoms with Crippen LogP contribution in [0.2, 0.25) is 0 Å². The average molecular weight is 356 g/mol. The maximum Gasteiger partial charge on any atom is 0.416 e. The Balaban J connectivity index is 1.64. The van der Waals surface area contributed by atoms with Crippen LogP contribution in [0.25, 0.3) is 0 Å². The summed E-state index contributed by atoms with van der Waals surface area (Å²) in [6, 6.07) is 7.25. The molecular weight excluding hydrogens is 341 g/mol. The number of rotatable bonds is 7. The zero-order valence-corrected chi connectivity index (χ0v) is 12.9. The zero-order chi connectivity index (χ0) is 18.3. The molecule has 134 valence electrons. The fraction of sp³-hybridized carbons (Fsp3) is 0.250. The van der Waals surface area contributed by atoms with Crippen LogP contribution < -0.4 is 15.4 Å². The lowest BCUT2D eigenvalue weighted by Gasteiger charge is -2.10. The van der Waals surface area contributed by atoms with Gasteiger partial charge in [0.2, 0.25) is 5.91 Å². The second kappa shape index (κ2) is 8.22. The lowest BCUT2D eigenvalue weighted by atomic mass is 10.2. The molecule has 0 aliphatic heterocycles. The molecule has 2 amide bonds. The second-order valence-corrected chi connectivity index (χ2v) is 4.88. The molecule has 0 radical (unpaired) electrons. The monoisotopic (exact) mass is 356 g/mol. The molecule has 0 bridgehead atoms. The van der Waals surface area contributed by atoms with Gasteiger partial charge >= 0.3 is 6.18 Å². The molecule has 2 rings (SSSR count). The molecule has 25 heavy (non-hydrogen) atoms. The molecule has 2 N–H and O–H groups in total. The molecule has 0 aliphatic carbocycles. The number of halogens is 3. The lowest BCUT2D eigenvalue weighted by Crippen LogP contribution is -2.38. The maximum absolute atomic E-state index is 12.4. The van der Waals surface area contributed by atoms with Crippen molar-refractivity contribution in [2.75, 3.05) is 19.7 Å². The molecule has 9 heteroatoms. The predicted octanol–water partition coefficient (Wildman–Crippen LogP) is 2.22. The second-order valence-electron chi connectivity index (χ2n) is 4.88. The first-order valence-electron chi connectivity index (χ1n) is 7.25. The van der Waals surface area contributed by atoms with Crippen molar-refractivity contribution in [3.63, 3.8) is 0 Å². The number of nitrogens with one attached hydrogen (secondary N) is 2. The largest absolute Gasteiger partial charge is 0.492 e. The Labute approximate surface area is 141 Å². The topological polar surface area (TPSA) is 80.6 Å². The predicted molar refractivity (Wildman–Crippen MR) is 81.0 cm³/mol. The van der Waals surface area contributed by atoms with Gasteiger partial charge in [0.05, 0.1) is 24.9 Å². The Morgan fingerprint density at radius 3 is 2.40 bits per heavy atom. The number of amides is 2. The minimum Gasteiger partial charge on any atom is -0.492 e. The normalized spacial score (nSPS) is 11.0. The minimum atomic E-state index is -4.40. The fourth-order valence-electron chi connectivity index (χ4n) is 1.82. The highest BCUT2D eigenvalue weighted by molar-refractivity contribution is 5.94. The fourth-order valence-corrected chi connectivity index (χ4v) is 1.82. The first-order valence-corrected chi connectivity index (χ1v) is 7.25. The number of hydrogen-bond acceptors (Lipinski definition) is 4. The third-order valence-corrected chi connectivity index (χ3v) is 3.03. The summed E-state index contributed by atoms with van der Waals surface area (Å²) in [6.45, 7) is -0.0282. The van der Waals surface area contributed by atoms with Gasteiger partial charge in [-0.2, -0.15) is 13.2 Å². The SMILES string of the molecule is O=C(CNC(=O)c1ccco1)NCCOc1ccc(C(F)(F)F)cc1. The van der Waals surface area contributed by atoms with Crippen LogP contribution in [0, 0.1) is 0 Å². The number of carbonyl (C=O) groups excluding carboxylic acids is 2. The van der Waals surface area contributed by atoms with Gasteiger partial charge in [-0.15, -0.1) is 0 Å². The first-order chi connectivity index (χ1) is 11.9. The molecule has 1 aromatic heterocycles. The van der Waals surface area contributed by atoms with Crippen molar-refractivity contribution >= 4 is 11.8 Å². The van der Waals surface area contributed by atoms with Crippen molar-refractivity contribution in [2.45, 2.75) is 6.18 Å². The number of hydrogen-bond donors (Lipinski definition) is 2. The van der Waals surface area contributed by atoms with Gasteiger partial charge in [-0.1, -0.05) is 0 Å². The van der Waals surface area contributed by atoms with E-state index in [-0.39, 0.29) is 31.2 Å². The highest BCUT2D eigenvalue weighted by atomic mass is 19.4. The molecule has 0 spiro atoms. The van der Waals surface area contributed by atoms with Crippen LogP contribution in [0.4, 0.5) is 13.2 Å². The van der Waals surface area contributed by atoms with E-state index in [1.807, 2.05) is 0 Å². The third kappa shape index (κ3) is 5.87. The van der Waals surface area contributed by atoms with E-state index in [2.05, 4.69) is 10.6 Å². The van der Waals surface area contributed by atoms with E-state index in [1.165, 1.54) is 24.5 Å². The molecule has 0 unspecified atom stereocenters. The molecule has 2 aromatic rings. The van der Waals surface area contributed by atoms with Crippen LogP contribution in [-0.4, -0.2) is 31.5 Å². The summed E-state index contributed by atoms with van der Waals surface area (Å²) >= 11 is 0. The molecule has 0 atom stereocenters. The van der Waals surface area contributed by atoms with Crippen LogP contribution in [0.1, 0.15) is 16.1 Å². The zero-order valence-electron chi connectivity index (χ0n) is 12.9. The van der Waals surface area contributed by atoms with Crippen molar-refractivity contribution in [3.8, 4) is 5.75 Å². The summed E-state index contributed by atoms with van der Waals surface area (Å²) in [5.41, 5.74) is -0.763. The number of furan rings is 1. The summed E-state index contributed by atoms with van der Waals surface area (Å²) in [6.07, 6.45) is -3.06. The Morgan fingerprint density at radius 1 is 1.08 bits per heavy atom. The Bertz CT molecular complexity index is 697.